The van der Waals surface area contributed by atoms with Crippen molar-refractivity contribution in [3.05, 3.63) is 0 Å². The third-order valence-electron chi connectivity index (χ3n) is 1.30. The van der Waals surface area contributed by atoms with E-state index in [1.165, 1.54) is 0 Å². The average Bonchev–Trinajstić information content (AvgIpc) is 1.79. The monoisotopic (exact) mass is 220 g/mol. The molecule has 1 atom stereocenters. The fourth-order valence-corrected chi connectivity index (χ4v) is 2.25. The van der Waals surface area contributed by atoms with Gasteiger partial charge in [0.05, 0.1) is 10.1 Å². The van der Waals surface area contributed by atoms with Gasteiger partial charge in [0, 0.05) is 5.75 Å². The van der Waals surface area contributed by atoms with Gasteiger partial charge in [-0.25, -0.2) is 8.42 Å². The van der Waals surface area contributed by atoms with Crippen molar-refractivity contribution in [2.45, 2.75) is 13.3 Å². The minimum atomic E-state index is -4.01. The Hall–Kier alpha value is 1.26. The van der Waals surface area contributed by atoms with E-state index in [2.05, 4.69) is 0 Å². The zero-order valence-corrected chi connectivity index (χ0v) is 11.4. The van der Waals surface area contributed by atoms with Crippen LogP contribution in [0.3, 0.4) is 0 Å². The molecule has 0 radical (unpaired) electrons. The number of hydrogen-bond donors (Lipinski definition) is 0. The van der Waals surface area contributed by atoms with Gasteiger partial charge in [0.15, 0.2) is 0 Å². The third-order valence-corrected chi connectivity index (χ3v) is 2.92. The van der Waals surface area contributed by atoms with Gasteiger partial charge in [-0.1, -0.05) is 6.92 Å². The molecule has 0 rings (SSSR count). The van der Waals surface area contributed by atoms with Crippen LogP contribution in [0.25, 0.3) is 0 Å². The predicted molar refractivity (Wildman–Crippen MR) is 46.7 cm³/mol. The molecule has 0 unspecified atom stereocenters. The Labute approximate surface area is 101 Å². The maximum atomic E-state index is 10.2. The van der Waals surface area contributed by atoms with Crippen LogP contribution in [0.5, 0.6) is 0 Å². The Bertz CT molecular complexity index is 191. The summed E-state index contributed by atoms with van der Waals surface area (Å²) in [6, 6.07) is 0. The molecule has 12 heavy (non-hydrogen) atoms. The summed E-state index contributed by atoms with van der Waals surface area (Å²) >= 11 is 1.66. The number of thioether (sulfide) groups is 1. The van der Waals surface area contributed by atoms with Crippen LogP contribution in [-0.4, -0.2) is 30.7 Å². The van der Waals surface area contributed by atoms with Crippen LogP contribution in [0, 0.1) is 5.92 Å². The first kappa shape index (κ1) is 15.7. The summed E-state index contributed by atoms with van der Waals surface area (Å²) in [7, 11) is -4.01. The Morgan fingerprint density at radius 1 is 1.50 bits per heavy atom. The molecule has 0 saturated heterocycles. The minimum absolute atomic E-state index is 0. The molecule has 0 amide bonds. The van der Waals surface area contributed by atoms with E-state index in [1.807, 2.05) is 6.26 Å². The van der Waals surface area contributed by atoms with Crippen molar-refractivity contribution in [2.75, 3.05) is 17.8 Å². The van der Waals surface area contributed by atoms with Crippen molar-refractivity contribution in [2.24, 2.45) is 5.92 Å². The zero-order valence-electron chi connectivity index (χ0n) is 7.74. The molecule has 0 aliphatic rings. The van der Waals surface area contributed by atoms with E-state index < -0.39 is 10.1 Å². The molecule has 0 fully saturated rings. The molecule has 0 N–H and O–H groups in total. The first-order valence-corrected chi connectivity index (χ1v) is 6.35. The van der Waals surface area contributed by atoms with E-state index >= 15 is 0 Å². The molecule has 0 aromatic heterocycles. The van der Waals surface area contributed by atoms with Crippen molar-refractivity contribution in [1.82, 2.24) is 0 Å². The Kier molecular flexibility index (Phi) is 10.0. The molecule has 68 valence electrons. The van der Waals surface area contributed by atoms with E-state index in [9.17, 15) is 13.0 Å². The molecule has 6 heteroatoms. The second-order valence-electron chi connectivity index (χ2n) is 2.61. The third kappa shape index (κ3) is 11.3. The molecule has 0 aromatic rings. The number of hydrogen-bond acceptors (Lipinski definition) is 4. The Morgan fingerprint density at radius 3 is 2.33 bits per heavy atom. The summed E-state index contributed by atoms with van der Waals surface area (Å²) in [4.78, 5) is 0. The predicted octanol–water partition coefficient (Wildman–Crippen LogP) is -2.08. The van der Waals surface area contributed by atoms with Crippen LogP contribution in [0.15, 0.2) is 0 Å². The average molecular weight is 220 g/mol. The van der Waals surface area contributed by atoms with Gasteiger partial charge in [-0.05, 0) is 24.3 Å². The van der Waals surface area contributed by atoms with Crippen LogP contribution < -0.4 is 29.6 Å². The van der Waals surface area contributed by atoms with Crippen LogP contribution in [-0.2, 0) is 10.1 Å². The molecular formula is C6H13NaO3S2. The number of rotatable bonds is 5. The molecule has 3 nitrogen and oxygen atoms in total. The van der Waals surface area contributed by atoms with Gasteiger partial charge in [0.1, 0.15) is 0 Å². The summed E-state index contributed by atoms with van der Waals surface area (Å²) < 4.78 is 30.7. The van der Waals surface area contributed by atoms with Gasteiger partial charge in [0.2, 0.25) is 0 Å². The molecule has 0 saturated carbocycles. The van der Waals surface area contributed by atoms with E-state index in [0.29, 0.717) is 0 Å². The van der Waals surface area contributed by atoms with Crippen LogP contribution >= 0.6 is 11.8 Å². The molecule has 0 spiro atoms. The van der Waals surface area contributed by atoms with E-state index in [0.717, 1.165) is 12.2 Å². The molecule has 0 aromatic carbocycles. The van der Waals surface area contributed by atoms with Crippen molar-refractivity contribution >= 4 is 21.9 Å². The molecular weight excluding hydrogens is 207 g/mol. The van der Waals surface area contributed by atoms with Gasteiger partial charge < -0.3 is 4.55 Å². The van der Waals surface area contributed by atoms with Crippen molar-refractivity contribution in [3.8, 4) is 0 Å². The second-order valence-corrected chi connectivity index (χ2v) is 5.05. The first-order chi connectivity index (χ1) is 4.95. The Balaban J connectivity index is 0. The summed E-state index contributed by atoms with van der Waals surface area (Å²) in [5.74, 6) is 0.675. The van der Waals surface area contributed by atoms with Crippen molar-refractivity contribution < 1.29 is 42.5 Å². The van der Waals surface area contributed by atoms with Crippen LogP contribution in [0.1, 0.15) is 13.3 Å². The van der Waals surface area contributed by atoms with Gasteiger partial charge in [-0.15, -0.1) is 0 Å². The van der Waals surface area contributed by atoms with Gasteiger partial charge >= 0.3 is 29.6 Å². The first-order valence-electron chi connectivity index (χ1n) is 3.38. The summed E-state index contributed by atoms with van der Waals surface area (Å²) in [6.45, 7) is 1.78. The topological polar surface area (TPSA) is 57.2 Å². The minimum Gasteiger partial charge on any atom is -0.748 e. The smallest absolute Gasteiger partial charge is 0.748 e. The molecule has 0 bridgehead atoms. The summed E-state index contributed by atoms with van der Waals surface area (Å²) in [5, 5.41) is 0. The SMILES string of the molecule is CSCC[C@H](C)CS(=O)(=O)[O-].[Na+]. The molecule has 0 aliphatic heterocycles. The normalized spacial score (nSPS) is 13.6. The zero-order chi connectivity index (χ0) is 8.91. The summed E-state index contributed by atoms with van der Waals surface area (Å²) in [5.41, 5.74) is 0. The van der Waals surface area contributed by atoms with Gasteiger partial charge in [-0.3, -0.25) is 0 Å². The maximum absolute atomic E-state index is 10.2. The quantitative estimate of drug-likeness (QED) is 0.394. The van der Waals surface area contributed by atoms with E-state index in [-0.39, 0.29) is 41.2 Å². The van der Waals surface area contributed by atoms with Crippen LogP contribution in [0.2, 0.25) is 0 Å². The van der Waals surface area contributed by atoms with Crippen molar-refractivity contribution in [1.29, 1.82) is 0 Å². The van der Waals surface area contributed by atoms with E-state index in [1.54, 1.807) is 18.7 Å². The Morgan fingerprint density at radius 2 is 2.00 bits per heavy atom. The van der Waals surface area contributed by atoms with Gasteiger partial charge in [0.25, 0.3) is 0 Å². The van der Waals surface area contributed by atoms with Gasteiger partial charge in [-0.2, -0.15) is 11.8 Å². The standard InChI is InChI=1S/C6H14O3S2.Na/c1-6(3-4-10-2)5-11(7,8)9;/h6H,3-5H2,1-2H3,(H,7,8,9);/q;+1/p-1/t6-;/m0./s1. The molecule has 0 heterocycles. The molecule has 0 aliphatic carbocycles. The van der Waals surface area contributed by atoms with Crippen molar-refractivity contribution in [3.63, 3.8) is 0 Å². The van der Waals surface area contributed by atoms with E-state index in [4.69, 9.17) is 0 Å². The maximum Gasteiger partial charge on any atom is 1.00 e. The fourth-order valence-electron chi connectivity index (χ4n) is 0.751. The largest absolute Gasteiger partial charge is 1.00 e. The van der Waals surface area contributed by atoms with Crippen LogP contribution in [0.4, 0.5) is 0 Å². The summed E-state index contributed by atoms with van der Waals surface area (Å²) in [6.07, 6.45) is 2.75. The fraction of sp³-hybridized carbons (Fsp3) is 1.00. The second kappa shape index (κ2) is 7.64.